The fourth-order valence-electron chi connectivity index (χ4n) is 3.45. The summed E-state index contributed by atoms with van der Waals surface area (Å²) < 4.78 is 27.6. The molecule has 1 N–H and O–H groups in total. The number of aromatic nitrogens is 1. The van der Waals surface area contributed by atoms with E-state index in [1.807, 2.05) is 30.3 Å². The van der Waals surface area contributed by atoms with Crippen LogP contribution in [-0.4, -0.2) is 25.7 Å². The van der Waals surface area contributed by atoms with Gasteiger partial charge >= 0.3 is 0 Å². The van der Waals surface area contributed by atoms with Gasteiger partial charge in [0.1, 0.15) is 0 Å². The van der Waals surface area contributed by atoms with E-state index in [0.717, 1.165) is 16.3 Å². The molecule has 0 aliphatic heterocycles. The average Bonchev–Trinajstić information content (AvgIpc) is 2.79. The Hall–Kier alpha value is -3.06. The summed E-state index contributed by atoms with van der Waals surface area (Å²) in [5, 5.41) is 2.23. The van der Waals surface area contributed by atoms with Crippen LogP contribution in [0.15, 0.2) is 90.1 Å². The van der Waals surface area contributed by atoms with Crippen LogP contribution in [0.25, 0.3) is 10.8 Å². The first-order chi connectivity index (χ1) is 15.0. The van der Waals surface area contributed by atoms with Gasteiger partial charge in [-0.3, -0.25) is 9.78 Å². The Morgan fingerprint density at radius 3 is 2.35 bits per heavy atom. The first-order valence-corrected chi connectivity index (χ1v) is 11.5. The lowest BCUT2D eigenvalue weighted by Crippen LogP contribution is -2.26. The van der Waals surface area contributed by atoms with Gasteiger partial charge in [0.05, 0.1) is 4.90 Å². The highest BCUT2D eigenvalue weighted by Gasteiger charge is 2.16. The number of carbonyl (C=O) groups excluding carboxylic acids is 1. The second kappa shape index (κ2) is 8.98. The second-order valence-corrected chi connectivity index (χ2v) is 9.19. The normalized spacial score (nSPS) is 11.5. The predicted molar refractivity (Wildman–Crippen MR) is 122 cm³/mol. The zero-order chi connectivity index (χ0) is 21.8. The van der Waals surface area contributed by atoms with E-state index in [1.54, 1.807) is 42.7 Å². The minimum absolute atomic E-state index is 0.0979. The number of sulfonamides is 1. The summed E-state index contributed by atoms with van der Waals surface area (Å²) in [4.78, 5) is 17.2. The van der Waals surface area contributed by atoms with Gasteiger partial charge in [-0.1, -0.05) is 48.0 Å². The highest BCUT2D eigenvalue weighted by atomic mass is 35.5. The maximum atomic E-state index is 13.0. The molecule has 0 amide bonds. The Labute approximate surface area is 185 Å². The van der Waals surface area contributed by atoms with Crippen molar-refractivity contribution >= 4 is 38.2 Å². The number of rotatable bonds is 7. The average molecular weight is 451 g/mol. The number of hydrogen-bond donors (Lipinski definition) is 1. The second-order valence-electron chi connectivity index (χ2n) is 6.99. The number of benzene rings is 3. The highest BCUT2D eigenvalue weighted by molar-refractivity contribution is 7.89. The third kappa shape index (κ3) is 4.66. The molecule has 4 aromatic rings. The van der Waals surface area contributed by atoms with Crippen molar-refractivity contribution in [1.82, 2.24) is 9.71 Å². The zero-order valence-corrected chi connectivity index (χ0v) is 18.0. The maximum absolute atomic E-state index is 13.0. The van der Waals surface area contributed by atoms with E-state index in [9.17, 15) is 13.2 Å². The first kappa shape index (κ1) is 21.2. The van der Waals surface area contributed by atoms with Gasteiger partial charge in [0.15, 0.2) is 5.78 Å². The van der Waals surface area contributed by atoms with Crippen molar-refractivity contribution in [3.63, 3.8) is 0 Å². The van der Waals surface area contributed by atoms with E-state index in [2.05, 4.69) is 9.71 Å². The standard InChI is InChI=1S/C24H19ClN2O3S/c25-19-8-10-20(11-9-19)31(29,30)27-15-13-17-7-12-23(22-6-2-1-5-21(17)22)24(28)18-4-3-14-26-16-18/h1-12,14,16,27H,13,15H2. The Morgan fingerprint density at radius 2 is 1.65 bits per heavy atom. The molecule has 0 bridgehead atoms. The zero-order valence-electron chi connectivity index (χ0n) is 16.5. The van der Waals surface area contributed by atoms with Crippen molar-refractivity contribution < 1.29 is 13.2 Å². The van der Waals surface area contributed by atoms with Crippen LogP contribution < -0.4 is 4.72 Å². The fraction of sp³-hybridized carbons (Fsp3) is 0.0833. The molecule has 0 saturated heterocycles. The topological polar surface area (TPSA) is 76.1 Å². The summed E-state index contributed by atoms with van der Waals surface area (Å²) in [6, 6.07) is 20.8. The van der Waals surface area contributed by atoms with Crippen LogP contribution in [0.5, 0.6) is 0 Å². The first-order valence-electron chi connectivity index (χ1n) is 9.66. The van der Waals surface area contributed by atoms with Crippen LogP contribution >= 0.6 is 11.6 Å². The molecule has 0 aliphatic rings. The van der Waals surface area contributed by atoms with Crippen molar-refractivity contribution in [3.05, 3.63) is 107 Å². The predicted octanol–water partition coefficient (Wildman–Crippen LogP) is 4.64. The van der Waals surface area contributed by atoms with Crippen LogP contribution in [0.3, 0.4) is 0 Å². The van der Waals surface area contributed by atoms with Crippen molar-refractivity contribution in [1.29, 1.82) is 0 Å². The smallest absolute Gasteiger partial charge is 0.240 e. The van der Waals surface area contributed by atoms with E-state index in [1.165, 1.54) is 12.1 Å². The van der Waals surface area contributed by atoms with E-state index >= 15 is 0 Å². The summed E-state index contributed by atoms with van der Waals surface area (Å²) >= 11 is 5.83. The van der Waals surface area contributed by atoms with E-state index in [4.69, 9.17) is 11.6 Å². The molecule has 1 aromatic heterocycles. The fourth-order valence-corrected chi connectivity index (χ4v) is 4.61. The van der Waals surface area contributed by atoms with Crippen LogP contribution in [0.2, 0.25) is 5.02 Å². The maximum Gasteiger partial charge on any atom is 0.240 e. The van der Waals surface area contributed by atoms with Gasteiger partial charge in [0, 0.05) is 35.1 Å². The molecule has 0 fully saturated rings. The molecular weight excluding hydrogens is 432 g/mol. The van der Waals surface area contributed by atoms with Crippen molar-refractivity contribution in [2.75, 3.05) is 6.54 Å². The van der Waals surface area contributed by atoms with E-state index < -0.39 is 10.0 Å². The van der Waals surface area contributed by atoms with Crippen LogP contribution in [-0.2, 0) is 16.4 Å². The summed E-state index contributed by atoms with van der Waals surface area (Å²) in [5.41, 5.74) is 2.07. The molecule has 7 heteroatoms. The minimum atomic E-state index is -3.63. The number of pyridine rings is 1. The molecule has 156 valence electrons. The number of nitrogens with one attached hydrogen (secondary N) is 1. The number of fused-ring (bicyclic) bond motifs is 1. The summed E-state index contributed by atoms with van der Waals surface area (Å²) in [6.07, 6.45) is 3.66. The van der Waals surface area contributed by atoms with Crippen LogP contribution in [0, 0.1) is 0 Å². The number of halogens is 1. The number of carbonyl (C=O) groups is 1. The number of nitrogens with zero attached hydrogens (tertiary/aromatic N) is 1. The monoisotopic (exact) mass is 450 g/mol. The molecule has 0 aliphatic carbocycles. The minimum Gasteiger partial charge on any atom is -0.289 e. The Morgan fingerprint density at radius 1 is 0.903 bits per heavy atom. The van der Waals surface area contributed by atoms with E-state index in [-0.39, 0.29) is 17.2 Å². The van der Waals surface area contributed by atoms with Gasteiger partial charge in [-0.2, -0.15) is 0 Å². The molecule has 31 heavy (non-hydrogen) atoms. The SMILES string of the molecule is O=C(c1cccnc1)c1ccc(CCNS(=O)(=O)c2ccc(Cl)cc2)c2ccccc12. The van der Waals surface area contributed by atoms with Crippen molar-refractivity contribution in [3.8, 4) is 0 Å². The summed E-state index contributed by atoms with van der Waals surface area (Å²) in [7, 11) is -3.63. The Bertz CT molecular complexity index is 1340. The third-order valence-corrected chi connectivity index (χ3v) is 6.72. The third-order valence-electron chi connectivity index (χ3n) is 4.99. The largest absolute Gasteiger partial charge is 0.289 e. The molecule has 0 atom stereocenters. The molecular formula is C24H19ClN2O3S. The van der Waals surface area contributed by atoms with Gasteiger partial charge in [-0.05, 0) is 59.2 Å². The quantitative estimate of drug-likeness (QED) is 0.416. The molecule has 5 nitrogen and oxygen atoms in total. The van der Waals surface area contributed by atoms with Gasteiger partial charge in [0.2, 0.25) is 10.0 Å². The summed E-state index contributed by atoms with van der Waals surface area (Å²) in [5.74, 6) is -0.0979. The molecule has 0 saturated carbocycles. The van der Waals surface area contributed by atoms with E-state index in [0.29, 0.717) is 22.6 Å². The molecule has 4 rings (SSSR count). The molecule has 0 radical (unpaired) electrons. The lowest BCUT2D eigenvalue weighted by atomic mass is 9.94. The van der Waals surface area contributed by atoms with Crippen LogP contribution in [0.1, 0.15) is 21.5 Å². The van der Waals surface area contributed by atoms with Gasteiger partial charge in [-0.25, -0.2) is 13.1 Å². The van der Waals surface area contributed by atoms with Crippen LogP contribution in [0.4, 0.5) is 0 Å². The molecule has 0 spiro atoms. The lowest BCUT2D eigenvalue weighted by Gasteiger charge is -2.12. The van der Waals surface area contributed by atoms with Gasteiger partial charge < -0.3 is 0 Å². The number of hydrogen-bond acceptors (Lipinski definition) is 4. The summed E-state index contributed by atoms with van der Waals surface area (Å²) in [6.45, 7) is 0.227. The molecule has 0 unspecified atom stereocenters. The van der Waals surface area contributed by atoms with Gasteiger partial charge in [-0.15, -0.1) is 0 Å². The van der Waals surface area contributed by atoms with Gasteiger partial charge in [0.25, 0.3) is 0 Å². The molecule has 3 aromatic carbocycles. The van der Waals surface area contributed by atoms with Crippen molar-refractivity contribution in [2.45, 2.75) is 11.3 Å². The number of ketones is 1. The Balaban J connectivity index is 1.57. The molecule has 1 heterocycles. The lowest BCUT2D eigenvalue weighted by molar-refractivity contribution is 0.104. The highest BCUT2D eigenvalue weighted by Crippen LogP contribution is 2.25. The van der Waals surface area contributed by atoms with Crippen molar-refractivity contribution in [2.24, 2.45) is 0 Å². The Kier molecular flexibility index (Phi) is 6.13.